The summed E-state index contributed by atoms with van der Waals surface area (Å²) in [5.74, 6) is 0. The maximum Gasteiger partial charge on any atom is 0.0674 e. The Balaban J connectivity index is 1.79. The average Bonchev–Trinajstić information content (AvgIpc) is 2.43. The van der Waals surface area contributed by atoms with E-state index in [1.807, 2.05) is 0 Å². The Labute approximate surface area is 115 Å². The molecule has 0 spiro atoms. The minimum Gasteiger partial charge on any atom is -0.376 e. The van der Waals surface area contributed by atoms with Crippen molar-refractivity contribution in [1.82, 2.24) is 10.2 Å². The minimum atomic E-state index is 0.359. The van der Waals surface area contributed by atoms with Crippen LogP contribution in [-0.2, 0) is 24.2 Å². The molecule has 1 aromatic carbocycles. The number of nitrogens with zero attached hydrogens (tertiary/aromatic N) is 1. The fourth-order valence-corrected chi connectivity index (χ4v) is 3.17. The van der Waals surface area contributed by atoms with Crippen LogP contribution in [0.4, 0.5) is 0 Å². The van der Waals surface area contributed by atoms with Gasteiger partial charge in [0.15, 0.2) is 0 Å². The fraction of sp³-hybridized carbons (Fsp3) is 0.625. The van der Waals surface area contributed by atoms with Crippen LogP contribution in [-0.4, -0.2) is 36.7 Å². The first-order chi connectivity index (χ1) is 9.24. The van der Waals surface area contributed by atoms with Crippen molar-refractivity contribution in [2.24, 2.45) is 0 Å². The highest BCUT2D eigenvalue weighted by Gasteiger charge is 2.24. The van der Waals surface area contributed by atoms with Gasteiger partial charge >= 0.3 is 0 Å². The summed E-state index contributed by atoms with van der Waals surface area (Å²) in [6.07, 6.45) is 1.53. The van der Waals surface area contributed by atoms with Crippen molar-refractivity contribution in [3.05, 3.63) is 34.9 Å². The Morgan fingerprint density at radius 2 is 2.26 bits per heavy atom. The molecular formula is C16H24N2O. The summed E-state index contributed by atoms with van der Waals surface area (Å²) in [5, 5.41) is 3.45. The second-order valence-electron chi connectivity index (χ2n) is 5.90. The van der Waals surface area contributed by atoms with Crippen LogP contribution < -0.4 is 5.32 Å². The molecule has 2 unspecified atom stereocenters. The first kappa shape index (κ1) is 13.1. The van der Waals surface area contributed by atoms with Crippen LogP contribution in [0.2, 0.25) is 0 Å². The van der Waals surface area contributed by atoms with Gasteiger partial charge in [0.2, 0.25) is 0 Å². The van der Waals surface area contributed by atoms with E-state index in [2.05, 4.69) is 42.3 Å². The van der Waals surface area contributed by atoms with E-state index in [-0.39, 0.29) is 0 Å². The summed E-state index contributed by atoms with van der Waals surface area (Å²) in [7, 11) is 0. The van der Waals surface area contributed by atoms with E-state index < -0.39 is 0 Å². The molecular weight excluding hydrogens is 236 g/mol. The molecule has 19 heavy (non-hydrogen) atoms. The lowest BCUT2D eigenvalue weighted by atomic mass is 9.95. The van der Waals surface area contributed by atoms with E-state index in [9.17, 15) is 0 Å². The van der Waals surface area contributed by atoms with E-state index in [1.165, 1.54) is 17.5 Å². The van der Waals surface area contributed by atoms with Crippen molar-refractivity contribution < 1.29 is 4.74 Å². The highest BCUT2D eigenvalue weighted by molar-refractivity contribution is 5.37. The molecule has 3 heteroatoms. The van der Waals surface area contributed by atoms with Gasteiger partial charge in [-0.25, -0.2) is 0 Å². The van der Waals surface area contributed by atoms with Gasteiger partial charge in [0.1, 0.15) is 0 Å². The van der Waals surface area contributed by atoms with Gasteiger partial charge in [0.05, 0.1) is 12.7 Å². The third-order valence-corrected chi connectivity index (χ3v) is 4.35. The third kappa shape index (κ3) is 2.83. The molecule has 0 aliphatic carbocycles. The number of morpholine rings is 1. The number of hydrogen-bond donors (Lipinski definition) is 1. The van der Waals surface area contributed by atoms with Crippen LogP contribution >= 0.6 is 0 Å². The lowest BCUT2D eigenvalue weighted by molar-refractivity contribution is -0.0527. The maximum absolute atomic E-state index is 5.72. The zero-order chi connectivity index (χ0) is 13.2. The van der Waals surface area contributed by atoms with Crippen molar-refractivity contribution >= 4 is 0 Å². The number of fused-ring (bicyclic) bond motifs is 1. The Morgan fingerprint density at radius 3 is 3.16 bits per heavy atom. The molecule has 2 atom stereocenters. The van der Waals surface area contributed by atoms with Gasteiger partial charge in [-0.15, -0.1) is 0 Å². The Morgan fingerprint density at radius 1 is 1.37 bits per heavy atom. The van der Waals surface area contributed by atoms with E-state index >= 15 is 0 Å². The van der Waals surface area contributed by atoms with Crippen LogP contribution in [0.5, 0.6) is 0 Å². The highest BCUT2D eigenvalue weighted by atomic mass is 16.5. The lowest BCUT2D eigenvalue weighted by Gasteiger charge is -2.37. The Kier molecular flexibility index (Phi) is 3.87. The zero-order valence-electron chi connectivity index (χ0n) is 12.0. The van der Waals surface area contributed by atoms with Crippen molar-refractivity contribution in [2.75, 3.05) is 19.7 Å². The smallest absolute Gasteiger partial charge is 0.0674 e. The Hall–Kier alpha value is -0.900. The van der Waals surface area contributed by atoms with Crippen molar-refractivity contribution in [3.8, 4) is 0 Å². The first-order valence-corrected chi connectivity index (χ1v) is 7.40. The molecule has 0 amide bonds. The van der Waals surface area contributed by atoms with Crippen molar-refractivity contribution in [3.63, 3.8) is 0 Å². The number of ether oxygens (including phenoxy) is 1. The van der Waals surface area contributed by atoms with Crippen LogP contribution in [0.25, 0.3) is 0 Å². The molecule has 0 aromatic heterocycles. The Bertz CT molecular complexity index is 446. The molecule has 2 aliphatic rings. The van der Waals surface area contributed by atoms with Gasteiger partial charge < -0.3 is 10.1 Å². The normalized spacial score (nSPS) is 28.1. The summed E-state index contributed by atoms with van der Waals surface area (Å²) in [4.78, 5) is 2.56. The van der Waals surface area contributed by atoms with E-state index in [4.69, 9.17) is 4.74 Å². The summed E-state index contributed by atoms with van der Waals surface area (Å²) in [6.45, 7) is 9.54. The van der Waals surface area contributed by atoms with E-state index in [1.54, 1.807) is 5.56 Å². The third-order valence-electron chi connectivity index (χ3n) is 4.35. The van der Waals surface area contributed by atoms with Gasteiger partial charge in [-0.05, 0) is 43.5 Å². The number of rotatable bonds is 2. The molecule has 3 nitrogen and oxygen atoms in total. The van der Waals surface area contributed by atoms with Crippen molar-refractivity contribution in [2.45, 2.75) is 45.5 Å². The zero-order valence-corrected chi connectivity index (χ0v) is 12.0. The molecule has 0 radical (unpaired) electrons. The predicted molar refractivity (Wildman–Crippen MR) is 77.1 cm³/mol. The van der Waals surface area contributed by atoms with E-state index in [0.29, 0.717) is 12.1 Å². The molecule has 1 saturated heterocycles. The molecule has 1 aromatic rings. The molecule has 1 N–H and O–H groups in total. The average molecular weight is 260 g/mol. The topological polar surface area (TPSA) is 24.5 Å². The quantitative estimate of drug-likeness (QED) is 0.879. The van der Waals surface area contributed by atoms with Gasteiger partial charge in [-0.3, -0.25) is 4.90 Å². The largest absolute Gasteiger partial charge is 0.376 e. The molecule has 3 rings (SSSR count). The molecule has 2 aliphatic heterocycles. The van der Waals surface area contributed by atoms with Gasteiger partial charge in [-0.2, -0.15) is 0 Å². The molecule has 0 bridgehead atoms. The monoisotopic (exact) mass is 260 g/mol. The van der Waals surface area contributed by atoms with Gasteiger partial charge in [-0.1, -0.05) is 18.2 Å². The minimum absolute atomic E-state index is 0.359. The summed E-state index contributed by atoms with van der Waals surface area (Å²) < 4.78 is 5.72. The molecule has 1 fully saturated rings. The number of benzene rings is 1. The number of nitrogens with one attached hydrogen (secondary N) is 1. The van der Waals surface area contributed by atoms with Gasteiger partial charge in [0.25, 0.3) is 0 Å². The highest BCUT2D eigenvalue weighted by Crippen LogP contribution is 2.22. The standard InChI is InChI=1S/C16H24N2O/c1-12-11-19-13(2)9-18(12)10-15-5-3-4-14-8-17-7-6-16(14)15/h3-5,12-13,17H,6-11H2,1-2H3. The number of hydrogen-bond acceptors (Lipinski definition) is 3. The van der Waals surface area contributed by atoms with Crippen molar-refractivity contribution in [1.29, 1.82) is 0 Å². The second kappa shape index (κ2) is 5.61. The first-order valence-electron chi connectivity index (χ1n) is 7.40. The van der Waals surface area contributed by atoms with Crippen LogP contribution in [0.15, 0.2) is 18.2 Å². The summed E-state index contributed by atoms with van der Waals surface area (Å²) in [5.41, 5.74) is 4.57. The lowest BCUT2D eigenvalue weighted by Crippen LogP contribution is -2.46. The maximum atomic E-state index is 5.72. The fourth-order valence-electron chi connectivity index (χ4n) is 3.17. The van der Waals surface area contributed by atoms with E-state index in [0.717, 1.165) is 32.8 Å². The predicted octanol–water partition coefficient (Wildman–Crippen LogP) is 1.94. The summed E-state index contributed by atoms with van der Waals surface area (Å²) in [6, 6.07) is 7.29. The second-order valence-corrected chi connectivity index (χ2v) is 5.90. The van der Waals surface area contributed by atoms with Gasteiger partial charge in [0, 0.05) is 25.7 Å². The van der Waals surface area contributed by atoms with Crippen LogP contribution in [0, 0.1) is 0 Å². The molecule has 2 heterocycles. The SMILES string of the molecule is CC1CN(Cc2cccc3c2CCNC3)C(C)CO1. The van der Waals surface area contributed by atoms with Crippen LogP contribution in [0.1, 0.15) is 30.5 Å². The van der Waals surface area contributed by atoms with Crippen LogP contribution in [0.3, 0.4) is 0 Å². The summed E-state index contributed by atoms with van der Waals surface area (Å²) >= 11 is 0. The molecule has 104 valence electrons. The molecule has 0 saturated carbocycles.